The number of hydrogen-bond donors (Lipinski definition) is 2. The first-order valence-corrected chi connectivity index (χ1v) is 9.43. The van der Waals surface area contributed by atoms with E-state index in [0.29, 0.717) is 29.2 Å². The van der Waals surface area contributed by atoms with Crippen LogP contribution in [0.3, 0.4) is 0 Å². The van der Waals surface area contributed by atoms with E-state index in [2.05, 4.69) is 32.0 Å². The molecule has 1 amide bonds. The van der Waals surface area contributed by atoms with Gasteiger partial charge >= 0.3 is 0 Å². The number of rotatable bonds is 4. The van der Waals surface area contributed by atoms with Crippen LogP contribution in [0.4, 0.5) is 11.6 Å². The summed E-state index contributed by atoms with van der Waals surface area (Å²) in [4.78, 5) is 24.7. The maximum Gasteiger partial charge on any atom is 0.234 e. The average Bonchev–Trinajstić information content (AvgIpc) is 2.60. The van der Waals surface area contributed by atoms with Gasteiger partial charge in [-0.05, 0) is 31.6 Å². The molecule has 3 rings (SSSR count). The van der Waals surface area contributed by atoms with Gasteiger partial charge in [0.05, 0.1) is 6.54 Å². The minimum Gasteiger partial charge on any atom is -0.382 e. The number of hydrogen-bond acceptors (Lipinski definition) is 6. The van der Waals surface area contributed by atoms with E-state index in [0.717, 1.165) is 44.9 Å². The van der Waals surface area contributed by atoms with E-state index < -0.39 is 0 Å². The normalized spacial score (nSPS) is 25.0. The third kappa shape index (κ3) is 4.73. The van der Waals surface area contributed by atoms with Gasteiger partial charge < -0.3 is 16.0 Å². The van der Waals surface area contributed by atoms with Crippen molar-refractivity contribution in [3.63, 3.8) is 0 Å². The maximum absolute atomic E-state index is 12.3. The lowest BCUT2D eigenvalue weighted by atomic mass is 9.87. The highest BCUT2D eigenvalue weighted by Crippen LogP contribution is 2.27. The summed E-state index contributed by atoms with van der Waals surface area (Å²) in [5.41, 5.74) is 5.74. The molecule has 0 atom stereocenters. The van der Waals surface area contributed by atoms with Crippen molar-refractivity contribution in [1.29, 1.82) is 0 Å². The first kappa shape index (κ1) is 18.2. The van der Waals surface area contributed by atoms with Crippen LogP contribution in [-0.2, 0) is 4.79 Å². The number of anilines is 2. The number of nitrogen functional groups attached to an aromatic ring is 1. The van der Waals surface area contributed by atoms with Crippen LogP contribution in [0.5, 0.6) is 0 Å². The van der Waals surface area contributed by atoms with Gasteiger partial charge in [-0.3, -0.25) is 9.69 Å². The van der Waals surface area contributed by atoms with Gasteiger partial charge in [-0.2, -0.15) is 0 Å². The molecule has 1 saturated heterocycles. The van der Waals surface area contributed by atoms with E-state index in [-0.39, 0.29) is 5.91 Å². The molecule has 1 saturated carbocycles. The van der Waals surface area contributed by atoms with Crippen molar-refractivity contribution in [3.8, 4) is 0 Å². The summed E-state index contributed by atoms with van der Waals surface area (Å²) in [7, 11) is 0. The zero-order valence-corrected chi connectivity index (χ0v) is 15.5. The Kier molecular flexibility index (Phi) is 5.96. The predicted molar refractivity (Wildman–Crippen MR) is 99.7 cm³/mol. The highest BCUT2D eigenvalue weighted by molar-refractivity contribution is 6.35. The number of carbonyl (C=O) groups is 1. The van der Waals surface area contributed by atoms with Crippen molar-refractivity contribution in [3.05, 3.63) is 11.3 Å². The third-order valence-electron chi connectivity index (χ3n) is 5.22. The summed E-state index contributed by atoms with van der Waals surface area (Å²) >= 11 is 6.20. The molecule has 0 unspecified atom stereocenters. The van der Waals surface area contributed by atoms with Crippen molar-refractivity contribution in [1.82, 2.24) is 20.2 Å². The number of nitrogens with one attached hydrogen (secondary N) is 1. The molecule has 138 valence electrons. The lowest BCUT2D eigenvalue weighted by molar-refractivity contribution is -0.123. The highest BCUT2D eigenvalue weighted by atomic mass is 35.5. The van der Waals surface area contributed by atoms with Gasteiger partial charge in [-0.15, -0.1) is 0 Å². The molecule has 0 bridgehead atoms. The molecule has 7 nitrogen and oxygen atoms in total. The summed E-state index contributed by atoms with van der Waals surface area (Å²) in [6, 6.07) is 0.354. The molecule has 2 aliphatic rings. The fraction of sp³-hybridized carbons (Fsp3) is 0.706. The molecular weight excluding hydrogens is 340 g/mol. The fourth-order valence-corrected chi connectivity index (χ4v) is 3.81. The van der Waals surface area contributed by atoms with Crippen molar-refractivity contribution in [2.75, 3.05) is 43.4 Å². The quantitative estimate of drug-likeness (QED) is 0.840. The van der Waals surface area contributed by atoms with Gasteiger partial charge in [0.15, 0.2) is 5.82 Å². The van der Waals surface area contributed by atoms with E-state index in [1.54, 1.807) is 0 Å². The van der Waals surface area contributed by atoms with Crippen LogP contribution >= 0.6 is 11.6 Å². The summed E-state index contributed by atoms with van der Waals surface area (Å²) in [6.07, 6.45) is 6.07. The number of nitrogens with zero attached hydrogens (tertiary/aromatic N) is 4. The van der Waals surface area contributed by atoms with Crippen LogP contribution < -0.4 is 16.0 Å². The van der Waals surface area contributed by atoms with Crippen molar-refractivity contribution >= 4 is 29.1 Å². The van der Waals surface area contributed by atoms with Gasteiger partial charge in [0, 0.05) is 32.2 Å². The smallest absolute Gasteiger partial charge is 0.234 e. The van der Waals surface area contributed by atoms with Crippen LogP contribution in [0.15, 0.2) is 6.33 Å². The second kappa shape index (κ2) is 8.19. The lowest BCUT2D eigenvalue weighted by Crippen LogP contribution is -2.51. The Morgan fingerprint density at radius 1 is 1.24 bits per heavy atom. The molecular formula is C17H27ClN6O. The number of halogens is 1. The van der Waals surface area contributed by atoms with Gasteiger partial charge in [-0.25, -0.2) is 9.97 Å². The van der Waals surface area contributed by atoms with Crippen molar-refractivity contribution < 1.29 is 4.79 Å². The summed E-state index contributed by atoms with van der Waals surface area (Å²) in [5, 5.41) is 3.60. The second-order valence-electron chi connectivity index (χ2n) is 7.18. The predicted octanol–water partition coefficient (Wildman–Crippen LogP) is 1.53. The Labute approximate surface area is 153 Å². The van der Waals surface area contributed by atoms with Crippen LogP contribution in [0.1, 0.15) is 32.6 Å². The Bertz CT molecular complexity index is 597. The maximum atomic E-state index is 12.3. The van der Waals surface area contributed by atoms with Crippen LogP contribution in [0.2, 0.25) is 5.02 Å². The molecule has 8 heteroatoms. The molecule has 2 fully saturated rings. The Balaban J connectivity index is 1.44. The van der Waals surface area contributed by atoms with Gasteiger partial charge in [0.1, 0.15) is 17.2 Å². The molecule has 3 N–H and O–H groups in total. The highest BCUT2D eigenvalue weighted by Gasteiger charge is 2.24. The molecule has 0 aromatic carbocycles. The van der Waals surface area contributed by atoms with E-state index in [4.69, 9.17) is 17.3 Å². The van der Waals surface area contributed by atoms with E-state index in [1.807, 2.05) is 0 Å². The zero-order chi connectivity index (χ0) is 17.8. The molecule has 2 heterocycles. The minimum atomic E-state index is 0.136. The van der Waals surface area contributed by atoms with Crippen LogP contribution in [-0.4, -0.2) is 59.5 Å². The molecule has 1 aromatic rings. The van der Waals surface area contributed by atoms with Crippen LogP contribution in [0, 0.1) is 5.92 Å². The second-order valence-corrected chi connectivity index (χ2v) is 7.56. The van der Waals surface area contributed by atoms with Crippen LogP contribution in [0.25, 0.3) is 0 Å². The lowest BCUT2D eigenvalue weighted by Gasteiger charge is -2.35. The number of carbonyl (C=O) groups excluding carboxylic acids is 1. The third-order valence-corrected chi connectivity index (χ3v) is 5.58. The van der Waals surface area contributed by atoms with Crippen molar-refractivity contribution in [2.45, 2.75) is 38.6 Å². The minimum absolute atomic E-state index is 0.136. The molecule has 25 heavy (non-hydrogen) atoms. The van der Waals surface area contributed by atoms with E-state index in [1.165, 1.54) is 19.2 Å². The first-order chi connectivity index (χ1) is 12.0. The molecule has 1 aliphatic heterocycles. The Hall–Kier alpha value is -1.60. The SMILES string of the molecule is CC1CCC(NC(=O)CN2CCN(c3ncnc(N)c3Cl)CC2)CC1. The van der Waals surface area contributed by atoms with Gasteiger partial charge in [-0.1, -0.05) is 18.5 Å². The van der Waals surface area contributed by atoms with E-state index in [9.17, 15) is 4.79 Å². The summed E-state index contributed by atoms with van der Waals surface area (Å²) in [5.74, 6) is 1.91. The average molecular weight is 367 g/mol. The monoisotopic (exact) mass is 366 g/mol. The van der Waals surface area contributed by atoms with E-state index >= 15 is 0 Å². The number of nitrogens with two attached hydrogens (primary N) is 1. The summed E-state index contributed by atoms with van der Waals surface area (Å²) in [6.45, 7) is 5.88. The Morgan fingerprint density at radius 2 is 1.92 bits per heavy atom. The largest absolute Gasteiger partial charge is 0.382 e. The fourth-order valence-electron chi connectivity index (χ4n) is 3.59. The standard InChI is InChI=1S/C17H27ClN6O/c1-12-2-4-13(5-3-12)22-14(25)10-23-6-8-24(9-7-23)17-15(18)16(19)20-11-21-17/h11-13H,2-10H2,1H3,(H,22,25)(H2,19,20,21). The van der Waals surface area contributed by atoms with Gasteiger partial charge in [0.25, 0.3) is 0 Å². The molecule has 0 spiro atoms. The molecule has 1 aromatic heterocycles. The first-order valence-electron chi connectivity index (χ1n) is 9.05. The topological polar surface area (TPSA) is 87.4 Å². The Morgan fingerprint density at radius 3 is 2.60 bits per heavy atom. The number of amides is 1. The molecule has 1 aliphatic carbocycles. The summed E-state index contributed by atoms with van der Waals surface area (Å²) < 4.78 is 0. The number of piperazine rings is 1. The van der Waals surface area contributed by atoms with Gasteiger partial charge in [0.2, 0.25) is 5.91 Å². The molecule has 0 radical (unpaired) electrons. The van der Waals surface area contributed by atoms with Crippen molar-refractivity contribution in [2.24, 2.45) is 5.92 Å². The zero-order valence-electron chi connectivity index (χ0n) is 14.7. The number of aromatic nitrogens is 2.